The highest BCUT2D eigenvalue weighted by Gasteiger charge is 2.03. The van der Waals surface area contributed by atoms with Crippen LogP contribution in [0.2, 0.25) is 0 Å². The average molecular weight is 195 g/mol. The molecular formula is C11H21N3. The van der Waals surface area contributed by atoms with Crippen molar-refractivity contribution in [1.29, 1.82) is 0 Å². The van der Waals surface area contributed by atoms with Gasteiger partial charge in [0.05, 0.1) is 6.33 Å². The average Bonchev–Trinajstić information content (AvgIpc) is 2.46. The Morgan fingerprint density at radius 2 is 2.21 bits per heavy atom. The first-order valence-corrected chi connectivity index (χ1v) is 5.23. The fraction of sp³-hybridized carbons (Fsp3) is 0.727. The lowest BCUT2D eigenvalue weighted by Crippen LogP contribution is -2.25. The quantitative estimate of drug-likeness (QED) is 0.711. The van der Waals surface area contributed by atoms with Gasteiger partial charge in [0, 0.05) is 38.4 Å². The molecule has 0 radical (unpaired) electrons. The zero-order valence-corrected chi connectivity index (χ0v) is 9.70. The highest BCUT2D eigenvalue weighted by molar-refractivity contribution is 4.97. The van der Waals surface area contributed by atoms with E-state index in [4.69, 9.17) is 0 Å². The summed E-state index contributed by atoms with van der Waals surface area (Å²) in [6.45, 7) is 6.77. The SMILES string of the molecule is CC(C)CN(C)CCc1cncn1C. The summed E-state index contributed by atoms with van der Waals surface area (Å²) < 4.78 is 2.09. The second-order valence-corrected chi connectivity index (χ2v) is 4.40. The maximum atomic E-state index is 4.11. The first kappa shape index (κ1) is 11.2. The molecule has 1 aromatic heterocycles. The standard InChI is InChI=1S/C11H21N3/c1-10(2)8-13(3)6-5-11-7-12-9-14(11)4/h7,9-10H,5-6,8H2,1-4H3. The van der Waals surface area contributed by atoms with Gasteiger partial charge in [-0.15, -0.1) is 0 Å². The van der Waals surface area contributed by atoms with Crippen molar-refractivity contribution in [3.8, 4) is 0 Å². The highest BCUT2D eigenvalue weighted by atomic mass is 15.1. The van der Waals surface area contributed by atoms with Crippen LogP contribution < -0.4 is 0 Å². The zero-order chi connectivity index (χ0) is 10.6. The summed E-state index contributed by atoms with van der Waals surface area (Å²) >= 11 is 0. The monoisotopic (exact) mass is 195 g/mol. The van der Waals surface area contributed by atoms with E-state index in [1.54, 1.807) is 0 Å². The molecule has 0 saturated carbocycles. The van der Waals surface area contributed by atoms with Gasteiger partial charge >= 0.3 is 0 Å². The molecule has 0 N–H and O–H groups in total. The molecule has 0 saturated heterocycles. The lowest BCUT2D eigenvalue weighted by atomic mass is 10.2. The van der Waals surface area contributed by atoms with Crippen molar-refractivity contribution in [2.24, 2.45) is 13.0 Å². The molecule has 3 heteroatoms. The largest absolute Gasteiger partial charge is 0.338 e. The normalized spacial score (nSPS) is 11.6. The van der Waals surface area contributed by atoms with Gasteiger partial charge in [0.25, 0.3) is 0 Å². The Morgan fingerprint density at radius 1 is 1.50 bits per heavy atom. The molecule has 80 valence electrons. The molecule has 0 bridgehead atoms. The van der Waals surface area contributed by atoms with Gasteiger partial charge < -0.3 is 9.47 Å². The predicted molar refractivity (Wildman–Crippen MR) is 59.2 cm³/mol. The molecule has 0 amide bonds. The number of nitrogens with zero attached hydrogens (tertiary/aromatic N) is 3. The summed E-state index contributed by atoms with van der Waals surface area (Å²) in [7, 11) is 4.22. The van der Waals surface area contributed by atoms with Crippen LogP contribution in [-0.4, -0.2) is 34.6 Å². The zero-order valence-electron chi connectivity index (χ0n) is 9.70. The fourth-order valence-corrected chi connectivity index (χ4v) is 1.65. The molecule has 0 aromatic carbocycles. The van der Waals surface area contributed by atoms with E-state index in [0.717, 1.165) is 25.4 Å². The number of imidazole rings is 1. The van der Waals surface area contributed by atoms with Crippen molar-refractivity contribution >= 4 is 0 Å². The Hall–Kier alpha value is -0.830. The van der Waals surface area contributed by atoms with E-state index in [-0.39, 0.29) is 0 Å². The first-order valence-electron chi connectivity index (χ1n) is 5.23. The van der Waals surface area contributed by atoms with Gasteiger partial charge in [0.1, 0.15) is 0 Å². The van der Waals surface area contributed by atoms with Gasteiger partial charge in [0.15, 0.2) is 0 Å². The van der Waals surface area contributed by atoms with Gasteiger partial charge in [-0.3, -0.25) is 0 Å². The summed E-state index contributed by atoms with van der Waals surface area (Å²) in [5.41, 5.74) is 1.31. The second-order valence-electron chi connectivity index (χ2n) is 4.40. The number of aryl methyl sites for hydroxylation is 1. The summed E-state index contributed by atoms with van der Waals surface area (Å²) in [6, 6.07) is 0. The van der Waals surface area contributed by atoms with Crippen molar-refractivity contribution in [1.82, 2.24) is 14.5 Å². The van der Waals surface area contributed by atoms with Gasteiger partial charge in [-0.25, -0.2) is 4.98 Å². The molecule has 0 aliphatic rings. The molecule has 1 heterocycles. The summed E-state index contributed by atoms with van der Waals surface area (Å²) in [5, 5.41) is 0. The molecule has 0 fully saturated rings. The lowest BCUT2D eigenvalue weighted by Gasteiger charge is -2.18. The number of rotatable bonds is 5. The van der Waals surface area contributed by atoms with Gasteiger partial charge in [-0.05, 0) is 13.0 Å². The maximum Gasteiger partial charge on any atom is 0.0945 e. The minimum absolute atomic E-state index is 0.742. The van der Waals surface area contributed by atoms with E-state index in [9.17, 15) is 0 Å². The van der Waals surface area contributed by atoms with Crippen LogP contribution in [0.1, 0.15) is 19.5 Å². The maximum absolute atomic E-state index is 4.11. The Balaban J connectivity index is 2.30. The van der Waals surface area contributed by atoms with E-state index in [1.165, 1.54) is 5.69 Å². The van der Waals surface area contributed by atoms with Crippen LogP contribution in [0.15, 0.2) is 12.5 Å². The Morgan fingerprint density at radius 3 is 2.71 bits per heavy atom. The molecule has 3 nitrogen and oxygen atoms in total. The molecule has 14 heavy (non-hydrogen) atoms. The Kier molecular flexibility index (Phi) is 4.14. The molecular weight excluding hydrogens is 174 g/mol. The van der Waals surface area contributed by atoms with Gasteiger partial charge in [-0.1, -0.05) is 13.8 Å². The number of hydrogen-bond acceptors (Lipinski definition) is 2. The highest BCUT2D eigenvalue weighted by Crippen LogP contribution is 2.01. The topological polar surface area (TPSA) is 21.1 Å². The minimum Gasteiger partial charge on any atom is -0.338 e. The van der Waals surface area contributed by atoms with Crippen molar-refractivity contribution in [2.45, 2.75) is 20.3 Å². The molecule has 0 atom stereocenters. The van der Waals surface area contributed by atoms with Crippen molar-refractivity contribution in [2.75, 3.05) is 20.1 Å². The van der Waals surface area contributed by atoms with Crippen LogP contribution in [0.3, 0.4) is 0 Å². The van der Waals surface area contributed by atoms with E-state index >= 15 is 0 Å². The Bertz CT molecular complexity index is 265. The smallest absolute Gasteiger partial charge is 0.0945 e. The van der Waals surface area contributed by atoms with Gasteiger partial charge in [-0.2, -0.15) is 0 Å². The van der Waals surface area contributed by atoms with E-state index < -0.39 is 0 Å². The van der Waals surface area contributed by atoms with E-state index in [1.807, 2.05) is 19.6 Å². The fourth-order valence-electron chi connectivity index (χ4n) is 1.65. The van der Waals surface area contributed by atoms with Gasteiger partial charge in [0.2, 0.25) is 0 Å². The molecule has 0 spiro atoms. The first-order chi connectivity index (χ1) is 6.59. The summed E-state index contributed by atoms with van der Waals surface area (Å²) in [6.07, 6.45) is 4.89. The molecule has 1 rings (SSSR count). The molecule has 0 aliphatic heterocycles. The molecule has 1 aromatic rings. The lowest BCUT2D eigenvalue weighted by molar-refractivity contribution is 0.297. The number of aromatic nitrogens is 2. The van der Waals surface area contributed by atoms with Crippen LogP contribution in [0.25, 0.3) is 0 Å². The number of hydrogen-bond donors (Lipinski definition) is 0. The van der Waals surface area contributed by atoms with Crippen LogP contribution in [0, 0.1) is 5.92 Å². The van der Waals surface area contributed by atoms with Crippen LogP contribution >= 0.6 is 0 Å². The van der Waals surface area contributed by atoms with Crippen molar-refractivity contribution in [3.05, 3.63) is 18.2 Å². The van der Waals surface area contributed by atoms with E-state index in [0.29, 0.717) is 0 Å². The summed E-state index contributed by atoms with van der Waals surface area (Å²) in [4.78, 5) is 6.48. The minimum atomic E-state index is 0.742. The third-order valence-corrected chi connectivity index (χ3v) is 2.34. The second kappa shape index (κ2) is 5.15. The predicted octanol–water partition coefficient (Wildman–Crippen LogP) is 1.55. The van der Waals surface area contributed by atoms with Crippen LogP contribution in [-0.2, 0) is 13.5 Å². The van der Waals surface area contributed by atoms with Crippen LogP contribution in [0.4, 0.5) is 0 Å². The van der Waals surface area contributed by atoms with Crippen molar-refractivity contribution < 1.29 is 0 Å². The Labute approximate surface area is 86.7 Å². The van der Waals surface area contributed by atoms with Crippen molar-refractivity contribution in [3.63, 3.8) is 0 Å². The third kappa shape index (κ3) is 3.50. The summed E-state index contributed by atoms with van der Waals surface area (Å²) in [5.74, 6) is 0.742. The number of likely N-dealkylation sites (N-methyl/N-ethyl adjacent to an activating group) is 1. The molecule has 0 unspecified atom stereocenters. The molecule has 0 aliphatic carbocycles. The third-order valence-electron chi connectivity index (χ3n) is 2.34. The van der Waals surface area contributed by atoms with E-state index in [2.05, 4.69) is 35.3 Å². The van der Waals surface area contributed by atoms with Crippen LogP contribution in [0.5, 0.6) is 0 Å².